The van der Waals surface area contributed by atoms with E-state index < -0.39 is 0 Å². The van der Waals surface area contributed by atoms with Gasteiger partial charge in [-0.25, -0.2) is 9.37 Å². The normalized spacial score (nSPS) is 21.5. The van der Waals surface area contributed by atoms with Crippen molar-refractivity contribution in [2.24, 2.45) is 11.8 Å². The summed E-state index contributed by atoms with van der Waals surface area (Å²) in [5.74, 6) is 0.939. The summed E-state index contributed by atoms with van der Waals surface area (Å²) >= 11 is 1.38. The fourth-order valence-corrected chi connectivity index (χ4v) is 6.38. The molecule has 1 saturated carbocycles. The number of nitrogens with zero attached hydrogens (tertiary/aromatic N) is 3. The summed E-state index contributed by atoms with van der Waals surface area (Å²) in [6.45, 7) is 1.62. The summed E-state index contributed by atoms with van der Waals surface area (Å²) < 4.78 is 19.6. The molecule has 2 aromatic carbocycles. The fourth-order valence-electron chi connectivity index (χ4n) is 5.40. The van der Waals surface area contributed by atoms with Crippen molar-refractivity contribution in [1.29, 1.82) is 0 Å². The summed E-state index contributed by atoms with van der Waals surface area (Å²) in [5, 5.41) is 3.76. The standard InChI is InChI=1S/C27H27FN4O3S/c1-31(2)27-30-23(24(36-27)15-5-3-6-17(28)11-15)26(34)32-14-16-12-20(16)21(32)13-29-25(33)19-7-4-8-22-18(19)9-10-35-22/h3-8,11,16,20-21H,9-10,12-14H2,1-2H3,(H,29,33)/t16-,20-,21+/m0/s1. The van der Waals surface area contributed by atoms with Crippen LogP contribution >= 0.6 is 11.3 Å². The van der Waals surface area contributed by atoms with Gasteiger partial charge in [0.2, 0.25) is 0 Å². The van der Waals surface area contributed by atoms with E-state index in [-0.39, 0.29) is 23.7 Å². The van der Waals surface area contributed by atoms with E-state index in [2.05, 4.69) is 10.3 Å². The van der Waals surface area contributed by atoms with Crippen LogP contribution in [-0.2, 0) is 6.42 Å². The minimum atomic E-state index is -0.355. The molecule has 2 fully saturated rings. The van der Waals surface area contributed by atoms with Crippen molar-refractivity contribution in [2.75, 3.05) is 38.7 Å². The Kier molecular flexibility index (Phi) is 5.67. The number of anilines is 1. The third-order valence-corrected chi connectivity index (χ3v) is 8.58. The van der Waals surface area contributed by atoms with E-state index in [1.807, 2.05) is 42.1 Å². The van der Waals surface area contributed by atoms with Crippen molar-refractivity contribution in [2.45, 2.75) is 18.9 Å². The summed E-state index contributed by atoms with van der Waals surface area (Å²) in [6, 6.07) is 11.7. The van der Waals surface area contributed by atoms with Gasteiger partial charge in [0.25, 0.3) is 11.8 Å². The number of ether oxygens (including phenoxy) is 1. The van der Waals surface area contributed by atoms with Crippen molar-refractivity contribution in [1.82, 2.24) is 15.2 Å². The minimum absolute atomic E-state index is 0.0932. The van der Waals surface area contributed by atoms with Gasteiger partial charge >= 0.3 is 0 Å². The zero-order chi connectivity index (χ0) is 25.0. The van der Waals surface area contributed by atoms with Crippen LogP contribution in [0.2, 0.25) is 0 Å². The van der Waals surface area contributed by atoms with Gasteiger partial charge in [0.05, 0.1) is 17.5 Å². The molecule has 0 radical (unpaired) electrons. The lowest BCUT2D eigenvalue weighted by atomic mass is 10.0. The Morgan fingerprint density at radius 2 is 2.08 bits per heavy atom. The molecule has 1 saturated heterocycles. The molecule has 0 unspecified atom stereocenters. The van der Waals surface area contributed by atoms with Gasteiger partial charge in [0.15, 0.2) is 5.13 Å². The maximum Gasteiger partial charge on any atom is 0.274 e. The van der Waals surface area contributed by atoms with E-state index in [1.54, 1.807) is 12.1 Å². The highest BCUT2D eigenvalue weighted by atomic mass is 32.1. The van der Waals surface area contributed by atoms with Crippen LogP contribution in [0.25, 0.3) is 10.4 Å². The average molecular weight is 507 g/mol. The molecule has 1 aliphatic carbocycles. The Balaban J connectivity index is 1.24. The number of benzene rings is 2. The quantitative estimate of drug-likeness (QED) is 0.550. The highest BCUT2D eigenvalue weighted by Crippen LogP contribution is 2.50. The van der Waals surface area contributed by atoms with Gasteiger partial charge in [-0.3, -0.25) is 9.59 Å². The first kappa shape index (κ1) is 23.0. The van der Waals surface area contributed by atoms with Crippen LogP contribution in [0.15, 0.2) is 42.5 Å². The molecule has 3 atom stereocenters. The minimum Gasteiger partial charge on any atom is -0.493 e. The predicted molar refractivity (Wildman–Crippen MR) is 136 cm³/mol. The van der Waals surface area contributed by atoms with Gasteiger partial charge in [-0.15, -0.1) is 0 Å². The molecule has 0 spiro atoms. The van der Waals surface area contributed by atoms with Crippen LogP contribution in [0.1, 0.15) is 32.8 Å². The van der Waals surface area contributed by atoms with E-state index in [1.165, 1.54) is 23.5 Å². The monoisotopic (exact) mass is 506 g/mol. The van der Waals surface area contributed by atoms with Crippen LogP contribution < -0.4 is 15.0 Å². The van der Waals surface area contributed by atoms with Gasteiger partial charge < -0.3 is 19.9 Å². The zero-order valence-electron chi connectivity index (χ0n) is 20.2. The Bertz CT molecular complexity index is 1360. The number of hydrogen-bond acceptors (Lipinski definition) is 6. The molecule has 7 nitrogen and oxygen atoms in total. The molecule has 3 aliphatic rings. The summed E-state index contributed by atoms with van der Waals surface area (Å²) in [7, 11) is 3.74. The Morgan fingerprint density at radius 3 is 2.89 bits per heavy atom. The summed E-state index contributed by atoms with van der Waals surface area (Å²) in [6.07, 6.45) is 1.79. The Labute approximate surface area is 212 Å². The first-order valence-corrected chi connectivity index (χ1v) is 13.0. The molecule has 9 heteroatoms. The molecule has 36 heavy (non-hydrogen) atoms. The second kappa shape index (κ2) is 8.89. The maximum absolute atomic E-state index is 14.0. The van der Waals surface area contributed by atoms with E-state index in [0.29, 0.717) is 58.4 Å². The van der Waals surface area contributed by atoms with E-state index >= 15 is 0 Å². The van der Waals surface area contributed by atoms with Crippen molar-refractivity contribution in [3.8, 4) is 16.2 Å². The summed E-state index contributed by atoms with van der Waals surface area (Å²) in [4.78, 5) is 35.9. The number of amides is 2. The molecular formula is C27H27FN4O3S. The van der Waals surface area contributed by atoms with Crippen molar-refractivity contribution < 1.29 is 18.7 Å². The largest absolute Gasteiger partial charge is 0.493 e. The second-order valence-corrected chi connectivity index (χ2v) is 10.8. The summed E-state index contributed by atoms with van der Waals surface area (Å²) in [5.41, 5.74) is 2.55. The SMILES string of the molecule is CN(C)c1nc(C(=O)N2C[C@@H]3C[C@@H]3[C@H]2CNC(=O)c2cccc3c2CCO3)c(-c2cccc(F)c2)s1. The lowest BCUT2D eigenvalue weighted by Crippen LogP contribution is -2.45. The molecular weight excluding hydrogens is 479 g/mol. The topological polar surface area (TPSA) is 74.8 Å². The number of carbonyl (C=O) groups excluding carboxylic acids is 2. The lowest BCUT2D eigenvalue weighted by Gasteiger charge is -2.27. The number of hydrogen-bond donors (Lipinski definition) is 1. The first-order valence-electron chi connectivity index (χ1n) is 12.2. The number of rotatable bonds is 6. The number of carbonyl (C=O) groups is 2. The Hall–Kier alpha value is -3.46. The second-order valence-electron chi connectivity index (χ2n) is 9.85. The number of fused-ring (bicyclic) bond motifs is 2. The maximum atomic E-state index is 14.0. The molecule has 186 valence electrons. The average Bonchev–Trinajstić information content (AvgIpc) is 3.23. The van der Waals surface area contributed by atoms with Gasteiger partial charge in [-0.05, 0) is 48.1 Å². The Morgan fingerprint density at radius 1 is 1.25 bits per heavy atom. The van der Waals surface area contributed by atoms with Gasteiger partial charge in [0, 0.05) is 44.7 Å². The number of piperidine rings is 1. The van der Waals surface area contributed by atoms with Gasteiger partial charge in [0.1, 0.15) is 17.3 Å². The number of nitrogens with one attached hydrogen (secondary N) is 1. The lowest BCUT2D eigenvalue weighted by molar-refractivity contribution is 0.0690. The third-order valence-electron chi connectivity index (χ3n) is 7.31. The molecule has 0 bridgehead atoms. The number of halogens is 1. The van der Waals surface area contributed by atoms with Gasteiger partial charge in [-0.1, -0.05) is 29.5 Å². The number of likely N-dealkylation sites (tertiary alicyclic amines) is 1. The van der Waals surface area contributed by atoms with Crippen molar-refractivity contribution in [3.63, 3.8) is 0 Å². The van der Waals surface area contributed by atoms with Gasteiger partial charge in [-0.2, -0.15) is 0 Å². The van der Waals surface area contributed by atoms with Crippen LogP contribution in [0.3, 0.4) is 0 Å². The molecule has 2 aliphatic heterocycles. The molecule has 3 aromatic rings. The molecule has 1 N–H and O–H groups in total. The fraction of sp³-hybridized carbons (Fsp3) is 0.370. The van der Waals surface area contributed by atoms with Crippen LogP contribution in [0, 0.1) is 17.7 Å². The van der Waals surface area contributed by atoms with E-state index in [4.69, 9.17) is 4.74 Å². The molecule has 3 heterocycles. The van der Waals surface area contributed by atoms with Crippen molar-refractivity contribution in [3.05, 3.63) is 65.1 Å². The smallest absolute Gasteiger partial charge is 0.274 e. The van der Waals surface area contributed by atoms with Crippen LogP contribution in [0.5, 0.6) is 5.75 Å². The third kappa shape index (κ3) is 4.01. The van der Waals surface area contributed by atoms with E-state index in [0.717, 1.165) is 24.2 Å². The number of aromatic nitrogens is 1. The molecule has 1 aromatic heterocycles. The predicted octanol–water partition coefficient (Wildman–Crippen LogP) is 3.84. The van der Waals surface area contributed by atoms with E-state index in [9.17, 15) is 14.0 Å². The highest BCUT2D eigenvalue weighted by Gasteiger charge is 2.54. The zero-order valence-corrected chi connectivity index (χ0v) is 21.0. The molecule has 2 amide bonds. The highest BCUT2D eigenvalue weighted by molar-refractivity contribution is 7.19. The van der Waals surface area contributed by atoms with Crippen LogP contribution in [0.4, 0.5) is 9.52 Å². The van der Waals surface area contributed by atoms with Crippen molar-refractivity contribution >= 4 is 28.3 Å². The molecule has 6 rings (SSSR count). The number of thiazole rings is 1. The van der Waals surface area contributed by atoms with Crippen LogP contribution in [-0.4, -0.2) is 61.5 Å². The first-order chi connectivity index (χ1) is 17.4.